The fraction of sp³-hybridized carbons (Fsp3) is 0.619. The van der Waals surface area contributed by atoms with E-state index in [-0.39, 0.29) is 0 Å². The lowest BCUT2D eigenvalue weighted by atomic mass is 9.70. The topological polar surface area (TPSA) is 3.24 Å². The number of likely N-dealkylation sites (tertiary alicyclic amines) is 1. The highest BCUT2D eigenvalue weighted by atomic mass is 32.1. The molecule has 2 heteroatoms. The Kier molecular flexibility index (Phi) is 4.23. The molecular weight excluding hydrogens is 298 g/mol. The summed E-state index contributed by atoms with van der Waals surface area (Å²) < 4.78 is 1.46. The van der Waals surface area contributed by atoms with Crippen LogP contribution in [0, 0.1) is 11.8 Å². The molecule has 1 saturated carbocycles. The average Bonchev–Trinajstić information content (AvgIpc) is 3.00. The highest BCUT2D eigenvalue weighted by Crippen LogP contribution is 2.50. The van der Waals surface area contributed by atoms with E-state index in [0.29, 0.717) is 5.54 Å². The van der Waals surface area contributed by atoms with Crippen LogP contribution in [0.4, 0.5) is 0 Å². The van der Waals surface area contributed by atoms with E-state index in [1.54, 1.807) is 4.88 Å². The Hall–Kier alpha value is -0.860. The highest BCUT2D eigenvalue weighted by molar-refractivity contribution is 7.19. The van der Waals surface area contributed by atoms with Crippen molar-refractivity contribution in [1.29, 1.82) is 0 Å². The van der Waals surface area contributed by atoms with Gasteiger partial charge in [0.2, 0.25) is 0 Å². The third-order valence-corrected chi connectivity index (χ3v) is 7.62. The Morgan fingerprint density at radius 1 is 1.09 bits per heavy atom. The first kappa shape index (κ1) is 15.7. The van der Waals surface area contributed by atoms with E-state index in [0.717, 1.165) is 11.8 Å². The summed E-state index contributed by atoms with van der Waals surface area (Å²) in [6.07, 6.45) is 8.33. The summed E-state index contributed by atoms with van der Waals surface area (Å²) in [6, 6.07) is 11.5. The molecule has 1 saturated heterocycles. The van der Waals surface area contributed by atoms with Crippen molar-refractivity contribution >= 4 is 21.4 Å². The summed E-state index contributed by atoms with van der Waals surface area (Å²) in [7, 11) is 0. The van der Waals surface area contributed by atoms with E-state index in [9.17, 15) is 0 Å². The van der Waals surface area contributed by atoms with Gasteiger partial charge in [0.05, 0.1) is 5.54 Å². The highest BCUT2D eigenvalue weighted by Gasteiger charge is 2.46. The fourth-order valence-corrected chi connectivity index (χ4v) is 6.49. The average molecular weight is 328 g/mol. The van der Waals surface area contributed by atoms with Crippen LogP contribution in [-0.2, 0) is 5.54 Å². The van der Waals surface area contributed by atoms with Gasteiger partial charge in [-0.1, -0.05) is 44.9 Å². The standard InChI is InChI=1S/C21H29NS/c1-16-8-7-13-22(15-16)21(12-6-5-9-17(21)2)20-14-18-10-3-4-11-19(18)23-20/h3-4,10-11,14,16-17H,5-9,12-13,15H2,1-2H3/t16-,17-,21+/m0/s1. The number of thiophene rings is 1. The van der Waals surface area contributed by atoms with Crippen LogP contribution >= 0.6 is 11.3 Å². The molecule has 2 heterocycles. The molecule has 1 aliphatic carbocycles. The Bertz CT molecular complexity index is 642. The molecule has 1 aromatic heterocycles. The first-order chi connectivity index (χ1) is 11.2. The van der Waals surface area contributed by atoms with Gasteiger partial charge in [-0.25, -0.2) is 0 Å². The summed E-state index contributed by atoms with van der Waals surface area (Å²) in [4.78, 5) is 4.52. The second-order valence-corrected chi connectivity index (χ2v) is 9.00. The molecule has 0 radical (unpaired) electrons. The molecular formula is C21H29NS. The Balaban J connectivity index is 1.81. The molecule has 2 aliphatic rings. The number of nitrogens with zero attached hydrogens (tertiary/aromatic N) is 1. The minimum Gasteiger partial charge on any atom is -0.292 e. The van der Waals surface area contributed by atoms with Gasteiger partial charge in [0.1, 0.15) is 0 Å². The third-order valence-electron chi connectivity index (χ3n) is 6.33. The predicted octanol–water partition coefficient (Wildman–Crippen LogP) is 6.04. The first-order valence-electron chi connectivity index (χ1n) is 9.44. The van der Waals surface area contributed by atoms with Crippen LogP contribution in [0.5, 0.6) is 0 Å². The fourth-order valence-electron chi connectivity index (χ4n) is 5.07. The van der Waals surface area contributed by atoms with Crippen LogP contribution in [-0.4, -0.2) is 18.0 Å². The second kappa shape index (κ2) is 6.22. The van der Waals surface area contributed by atoms with Gasteiger partial charge in [-0.3, -0.25) is 4.90 Å². The lowest BCUT2D eigenvalue weighted by Crippen LogP contribution is -2.54. The van der Waals surface area contributed by atoms with Crippen LogP contribution < -0.4 is 0 Å². The van der Waals surface area contributed by atoms with Crippen LogP contribution in [0.25, 0.3) is 10.1 Å². The van der Waals surface area contributed by atoms with Crippen molar-refractivity contribution in [2.24, 2.45) is 11.8 Å². The molecule has 2 fully saturated rings. The molecule has 23 heavy (non-hydrogen) atoms. The molecule has 0 spiro atoms. The monoisotopic (exact) mass is 327 g/mol. The first-order valence-corrected chi connectivity index (χ1v) is 10.3. The van der Waals surface area contributed by atoms with Gasteiger partial charge in [0.15, 0.2) is 0 Å². The van der Waals surface area contributed by atoms with E-state index in [4.69, 9.17) is 0 Å². The minimum atomic E-state index is 0.302. The van der Waals surface area contributed by atoms with Gasteiger partial charge in [-0.15, -0.1) is 11.3 Å². The Morgan fingerprint density at radius 3 is 2.74 bits per heavy atom. The van der Waals surface area contributed by atoms with E-state index < -0.39 is 0 Å². The van der Waals surface area contributed by atoms with Gasteiger partial charge in [0.25, 0.3) is 0 Å². The summed E-state index contributed by atoms with van der Waals surface area (Å²) in [5, 5.41) is 1.44. The van der Waals surface area contributed by atoms with Crippen molar-refractivity contribution in [3.63, 3.8) is 0 Å². The zero-order valence-corrected chi connectivity index (χ0v) is 15.4. The zero-order valence-electron chi connectivity index (χ0n) is 14.6. The summed E-state index contributed by atoms with van der Waals surface area (Å²) >= 11 is 2.06. The summed E-state index contributed by atoms with van der Waals surface area (Å²) in [5.41, 5.74) is 0.302. The molecule has 3 atom stereocenters. The molecule has 1 nitrogen and oxygen atoms in total. The second-order valence-electron chi connectivity index (χ2n) is 7.91. The Labute approximate surface area is 144 Å². The molecule has 0 amide bonds. The number of hydrogen-bond donors (Lipinski definition) is 0. The minimum absolute atomic E-state index is 0.302. The maximum Gasteiger partial charge on any atom is 0.0580 e. The van der Waals surface area contributed by atoms with Gasteiger partial charge in [0, 0.05) is 16.1 Å². The van der Waals surface area contributed by atoms with E-state index in [2.05, 4.69) is 60.4 Å². The smallest absolute Gasteiger partial charge is 0.0580 e. The summed E-state index contributed by atoms with van der Waals surface area (Å²) in [5.74, 6) is 1.62. The van der Waals surface area contributed by atoms with Gasteiger partial charge in [-0.05, 0) is 61.6 Å². The van der Waals surface area contributed by atoms with Gasteiger partial charge < -0.3 is 0 Å². The lowest BCUT2D eigenvalue weighted by Gasteiger charge is -2.52. The molecule has 0 unspecified atom stereocenters. The molecule has 1 aliphatic heterocycles. The van der Waals surface area contributed by atoms with Crippen molar-refractivity contribution in [2.75, 3.05) is 13.1 Å². The van der Waals surface area contributed by atoms with Crippen LogP contribution in [0.2, 0.25) is 0 Å². The van der Waals surface area contributed by atoms with Crippen molar-refractivity contribution in [2.45, 2.75) is 57.9 Å². The number of benzene rings is 1. The largest absolute Gasteiger partial charge is 0.292 e. The number of hydrogen-bond acceptors (Lipinski definition) is 2. The quantitative estimate of drug-likeness (QED) is 0.650. The number of fused-ring (bicyclic) bond motifs is 1. The van der Waals surface area contributed by atoms with Crippen LogP contribution in [0.1, 0.15) is 57.2 Å². The molecule has 2 aromatic rings. The summed E-state index contributed by atoms with van der Waals surface area (Å²) in [6.45, 7) is 7.54. The van der Waals surface area contributed by atoms with Crippen LogP contribution in [0.15, 0.2) is 30.3 Å². The number of rotatable bonds is 2. The van der Waals surface area contributed by atoms with Crippen molar-refractivity contribution < 1.29 is 0 Å². The predicted molar refractivity (Wildman–Crippen MR) is 101 cm³/mol. The maximum absolute atomic E-state index is 2.88. The van der Waals surface area contributed by atoms with Crippen molar-refractivity contribution in [3.05, 3.63) is 35.2 Å². The zero-order chi connectivity index (χ0) is 15.9. The lowest BCUT2D eigenvalue weighted by molar-refractivity contribution is -0.0209. The van der Waals surface area contributed by atoms with E-state index >= 15 is 0 Å². The SMILES string of the molecule is C[C@H]1CCCN([C@]2(c3cc4ccccc4s3)CCCC[C@@H]2C)C1. The Morgan fingerprint density at radius 2 is 1.96 bits per heavy atom. The molecule has 1 aromatic carbocycles. The normalized spacial score (nSPS) is 33.1. The molecule has 4 rings (SSSR count). The van der Waals surface area contributed by atoms with E-state index in [1.807, 2.05) is 0 Å². The van der Waals surface area contributed by atoms with Crippen molar-refractivity contribution in [3.8, 4) is 0 Å². The third kappa shape index (κ3) is 2.64. The van der Waals surface area contributed by atoms with Crippen molar-refractivity contribution in [1.82, 2.24) is 4.90 Å². The van der Waals surface area contributed by atoms with E-state index in [1.165, 1.54) is 61.7 Å². The molecule has 124 valence electrons. The molecule has 0 N–H and O–H groups in total. The van der Waals surface area contributed by atoms with Crippen LogP contribution in [0.3, 0.4) is 0 Å². The van der Waals surface area contributed by atoms with Gasteiger partial charge in [-0.2, -0.15) is 0 Å². The molecule has 0 bridgehead atoms. The number of piperidine rings is 1. The van der Waals surface area contributed by atoms with Gasteiger partial charge >= 0.3 is 0 Å². The maximum atomic E-state index is 2.88.